The second-order valence-electron chi connectivity index (χ2n) is 5.55. The van der Waals surface area contributed by atoms with E-state index in [0.717, 1.165) is 25.5 Å². The van der Waals surface area contributed by atoms with E-state index >= 15 is 0 Å². The third kappa shape index (κ3) is 4.35. The molecule has 1 unspecified atom stereocenters. The predicted octanol–water partition coefficient (Wildman–Crippen LogP) is 1.69. The first kappa shape index (κ1) is 13.4. The summed E-state index contributed by atoms with van der Waals surface area (Å²) in [5, 5.41) is 3.56. The van der Waals surface area contributed by atoms with Gasteiger partial charge in [0.2, 0.25) is 0 Å². The summed E-state index contributed by atoms with van der Waals surface area (Å²) in [7, 11) is 0. The van der Waals surface area contributed by atoms with Gasteiger partial charge in [-0.25, -0.2) is 9.97 Å². The molecule has 0 bridgehead atoms. The zero-order chi connectivity index (χ0) is 12.8. The monoisotopic (exact) mass is 248 g/mol. The Morgan fingerprint density at radius 1 is 1.39 bits per heavy atom. The third-order valence-electron chi connectivity index (χ3n) is 3.25. The highest BCUT2D eigenvalue weighted by molar-refractivity contribution is 4.89. The number of rotatable bonds is 6. The fourth-order valence-electron chi connectivity index (χ4n) is 2.56. The number of nitrogens with zero attached hydrogens (tertiary/aromatic N) is 3. The van der Waals surface area contributed by atoms with Crippen molar-refractivity contribution >= 4 is 0 Å². The minimum Gasteiger partial charge on any atom is -0.313 e. The van der Waals surface area contributed by atoms with Crippen molar-refractivity contribution in [2.24, 2.45) is 5.92 Å². The van der Waals surface area contributed by atoms with E-state index in [4.69, 9.17) is 0 Å². The van der Waals surface area contributed by atoms with Crippen molar-refractivity contribution in [3.8, 4) is 0 Å². The smallest absolute Gasteiger partial charge is 0.142 e. The topological polar surface area (TPSA) is 41.1 Å². The largest absolute Gasteiger partial charge is 0.313 e. The molecule has 4 heteroatoms. The van der Waals surface area contributed by atoms with Crippen LogP contribution in [0, 0.1) is 5.92 Å². The Bertz CT molecular complexity index is 333. The minimum absolute atomic E-state index is 0.646. The molecule has 100 valence electrons. The van der Waals surface area contributed by atoms with Gasteiger partial charge in [-0.2, -0.15) is 0 Å². The average Bonchev–Trinajstić information content (AvgIpc) is 2.82. The average molecular weight is 248 g/mol. The van der Waals surface area contributed by atoms with Gasteiger partial charge >= 0.3 is 0 Å². The Labute approximate surface area is 110 Å². The lowest BCUT2D eigenvalue weighted by molar-refractivity contribution is 0.211. The van der Waals surface area contributed by atoms with Crippen molar-refractivity contribution in [2.45, 2.75) is 39.3 Å². The predicted molar refractivity (Wildman–Crippen MR) is 73.2 cm³/mol. The maximum absolute atomic E-state index is 4.33. The van der Waals surface area contributed by atoms with Gasteiger partial charge in [0.05, 0.1) is 6.54 Å². The molecule has 2 rings (SSSR count). The SMILES string of the molecule is CC(C)CN(Cc1ncccn1)CC1CCCN1. The summed E-state index contributed by atoms with van der Waals surface area (Å²) >= 11 is 0. The first-order valence-electron chi connectivity index (χ1n) is 6.95. The maximum Gasteiger partial charge on any atom is 0.142 e. The van der Waals surface area contributed by atoms with E-state index in [1.54, 1.807) is 0 Å². The van der Waals surface area contributed by atoms with Crippen LogP contribution in [-0.4, -0.2) is 40.5 Å². The fraction of sp³-hybridized carbons (Fsp3) is 0.714. The Morgan fingerprint density at radius 3 is 2.78 bits per heavy atom. The van der Waals surface area contributed by atoms with Crippen molar-refractivity contribution in [3.05, 3.63) is 24.3 Å². The molecular weight excluding hydrogens is 224 g/mol. The zero-order valence-corrected chi connectivity index (χ0v) is 11.5. The molecule has 1 saturated heterocycles. The van der Waals surface area contributed by atoms with Gasteiger partial charge in [-0.1, -0.05) is 13.8 Å². The molecule has 0 aliphatic carbocycles. The van der Waals surface area contributed by atoms with Crippen LogP contribution in [0.3, 0.4) is 0 Å². The summed E-state index contributed by atoms with van der Waals surface area (Å²) in [5.74, 6) is 1.60. The lowest BCUT2D eigenvalue weighted by Crippen LogP contribution is -2.39. The van der Waals surface area contributed by atoms with E-state index in [1.165, 1.54) is 19.4 Å². The Balaban J connectivity index is 1.91. The number of nitrogens with one attached hydrogen (secondary N) is 1. The van der Waals surface area contributed by atoms with Gasteiger partial charge in [0, 0.05) is 31.5 Å². The van der Waals surface area contributed by atoms with Crippen LogP contribution >= 0.6 is 0 Å². The van der Waals surface area contributed by atoms with Crippen LogP contribution in [-0.2, 0) is 6.54 Å². The molecular formula is C14H24N4. The quantitative estimate of drug-likeness (QED) is 0.832. The van der Waals surface area contributed by atoms with Crippen LogP contribution in [0.25, 0.3) is 0 Å². The molecule has 0 saturated carbocycles. The Hall–Kier alpha value is -1.00. The number of hydrogen-bond acceptors (Lipinski definition) is 4. The van der Waals surface area contributed by atoms with Crippen LogP contribution in [0.15, 0.2) is 18.5 Å². The summed E-state index contributed by atoms with van der Waals surface area (Å²) in [4.78, 5) is 11.1. The summed E-state index contributed by atoms with van der Waals surface area (Å²) < 4.78 is 0. The van der Waals surface area contributed by atoms with Crippen LogP contribution < -0.4 is 5.32 Å². The molecule has 0 amide bonds. The summed E-state index contributed by atoms with van der Waals surface area (Å²) in [6.07, 6.45) is 6.25. The van der Waals surface area contributed by atoms with Crippen LogP contribution in [0.2, 0.25) is 0 Å². The molecule has 4 nitrogen and oxygen atoms in total. The molecule has 0 aromatic carbocycles. The number of aromatic nitrogens is 2. The zero-order valence-electron chi connectivity index (χ0n) is 11.5. The standard InChI is InChI=1S/C14H24N4/c1-12(2)9-18(10-13-5-3-6-15-13)11-14-16-7-4-8-17-14/h4,7-8,12-13,15H,3,5-6,9-11H2,1-2H3. The highest BCUT2D eigenvalue weighted by Crippen LogP contribution is 2.10. The van der Waals surface area contributed by atoms with Crippen molar-refractivity contribution in [1.82, 2.24) is 20.2 Å². The van der Waals surface area contributed by atoms with Crippen molar-refractivity contribution in [1.29, 1.82) is 0 Å². The van der Waals surface area contributed by atoms with Gasteiger partial charge in [0.1, 0.15) is 5.82 Å². The van der Waals surface area contributed by atoms with E-state index in [-0.39, 0.29) is 0 Å². The second-order valence-corrected chi connectivity index (χ2v) is 5.55. The van der Waals surface area contributed by atoms with Crippen LogP contribution in [0.5, 0.6) is 0 Å². The minimum atomic E-state index is 0.646. The molecule has 18 heavy (non-hydrogen) atoms. The molecule has 1 atom stereocenters. The second kappa shape index (κ2) is 6.81. The first-order valence-corrected chi connectivity index (χ1v) is 6.95. The molecule has 1 aliphatic heterocycles. The molecule has 1 aromatic rings. The fourth-order valence-corrected chi connectivity index (χ4v) is 2.56. The highest BCUT2D eigenvalue weighted by Gasteiger charge is 2.19. The van der Waals surface area contributed by atoms with Crippen molar-refractivity contribution in [2.75, 3.05) is 19.6 Å². The molecule has 1 aliphatic rings. The molecule has 0 spiro atoms. The normalized spacial score (nSPS) is 19.9. The molecule has 1 fully saturated rings. The Morgan fingerprint density at radius 2 is 2.17 bits per heavy atom. The molecule has 1 N–H and O–H groups in total. The molecule has 0 radical (unpaired) electrons. The van der Waals surface area contributed by atoms with Crippen LogP contribution in [0.4, 0.5) is 0 Å². The van der Waals surface area contributed by atoms with Gasteiger partial charge in [0.25, 0.3) is 0 Å². The molecule has 2 heterocycles. The van der Waals surface area contributed by atoms with E-state index in [1.807, 2.05) is 18.5 Å². The van der Waals surface area contributed by atoms with E-state index in [0.29, 0.717) is 12.0 Å². The molecule has 1 aromatic heterocycles. The van der Waals surface area contributed by atoms with E-state index < -0.39 is 0 Å². The van der Waals surface area contributed by atoms with Gasteiger partial charge in [-0.05, 0) is 31.4 Å². The van der Waals surface area contributed by atoms with Gasteiger partial charge in [-0.3, -0.25) is 4.90 Å². The van der Waals surface area contributed by atoms with Crippen molar-refractivity contribution in [3.63, 3.8) is 0 Å². The Kier molecular flexibility index (Phi) is 5.08. The number of hydrogen-bond donors (Lipinski definition) is 1. The van der Waals surface area contributed by atoms with Crippen molar-refractivity contribution < 1.29 is 0 Å². The lowest BCUT2D eigenvalue weighted by atomic mass is 10.1. The lowest BCUT2D eigenvalue weighted by Gasteiger charge is -2.26. The van der Waals surface area contributed by atoms with Gasteiger partial charge < -0.3 is 5.32 Å². The highest BCUT2D eigenvalue weighted by atomic mass is 15.2. The summed E-state index contributed by atoms with van der Waals surface area (Å²) in [5.41, 5.74) is 0. The first-order chi connectivity index (χ1) is 8.74. The summed E-state index contributed by atoms with van der Waals surface area (Å²) in [6, 6.07) is 2.52. The van der Waals surface area contributed by atoms with E-state index in [2.05, 4.69) is 34.0 Å². The summed E-state index contributed by atoms with van der Waals surface area (Å²) in [6.45, 7) is 8.77. The van der Waals surface area contributed by atoms with Gasteiger partial charge in [0.15, 0.2) is 0 Å². The maximum atomic E-state index is 4.33. The van der Waals surface area contributed by atoms with Crippen LogP contribution in [0.1, 0.15) is 32.5 Å². The van der Waals surface area contributed by atoms with E-state index in [9.17, 15) is 0 Å². The van der Waals surface area contributed by atoms with Gasteiger partial charge in [-0.15, -0.1) is 0 Å². The third-order valence-corrected chi connectivity index (χ3v) is 3.25.